The number of fused-ring (bicyclic) bond motifs is 1. The minimum absolute atomic E-state index is 0.224. The molecule has 7 heteroatoms. The highest BCUT2D eigenvalue weighted by Gasteiger charge is 2.24. The summed E-state index contributed by atoms with van der Waals surface area (Å²) in [7, 11) is 5.48. The number of methoxy groups -OCH3 is 2. The Morgan fingerprint density at radius 3 is 2.53 bits per heavy atom. The van der Waals surface area contributed by atoms with E-state index < -0.39 is 0 Å². The fraction of sp³-hybridized carbons (Fsp3) is 0.516. The van der Waals surface area contributed by atoms with Gasteiger partial charge in [-0.25, -0.2) is 0 Å². The van der Waals surface area contributed by atoms with E-state index in [0.717, 1.165) is 73.9 Å². The number of hydrogen-bond acceptors (Lipinski definition) is 6. The van der Waals surface area contributed by atoms with Gasteiger partial charge in [-0.15, -0.1) is 0 Å². The third kappa shape index (κ3) is 7.67. The molecule has 38 heavy (non-hydrogen) atoms. The second kappa shape index (κ2) is 14.1. The van der Waals surface area contributed by atoms with Crippen LogP contribution in [0, 0.1) is 0 Å². The first kappa shape index (κ1) is 27.8. The highest BCUT2D eigenvalue weighted by atomic mass is 16.7. The van der Waals surface area contributed by atoms with Crippen LogP contribution in [0.1, 0.15) is 56.1 Å². The summed E-state index contributed by atoms with van der Waals surface area (Å²) < 4.78 is 21.6. The van der Waals surface area contributed by atoms with Crippen molar-refractivity contribution in [1.29, 1.82) is 0 Å². The molecule has 1 aliphatic carbocycles. The molecule has 0 atom stereocenters. The molecule has 1 heterocycles. The van der Waals surface area contributed by atoms with Crippen molar-refractivity contribution >= 4 is 12.0 Å². The van der Waals surface area contributed by atoms with Crippen LogP contribution in [0.25, 0.3) is 6.08 Å². The van der Waals surface area contributed by atoms with Crippen LogP contribution in [0.3, 0.4) is 0 Å². The molecule has 1 saturated carbocycles. The number of hydrogen-bond donors (Lipinski definition) is 0. The number of nitrogens with zero attached hydrogens (tertiary/aromatic N) is 2. The van der Waals surface area contributed by atoms with Gasteiger partial charge in [0.15, 0.2) is 23.0 Å². The van der Waals surface area contributed by atoms with E-state index in [4.69, 9.17) is 18.9 Å². The Morgan fingerprint density at radius 2 is 1.74 bits per heavy atom. The second-order valence-corrected chi connectivity index (χ2v) is 10.2. The molecular formula is C31H42N2O5. The van der Waals surface area contributed by atoms with Crippen molar-refractivity contribution in [2.24, 2.45) is 0 Å². The number of carbonyl (C=O) groups is 1. The normalized spacial score (nSPS) is 15.3. The third-order valence-electron chi connectivity index (χ3n) is 7.50. The van der Waals surface area contributed by atoms with E-state index in [0.29, 0.717) is 12.5 Å². The molecule has 0 saturated heterocycles. The molecule has 2 aliphatic rings. The van der Waals surface area contributed by atoms with E-state index in [1.54, 1.807) is 14.2 Å². The van der Waals surface area contributed by atoms with Crippen LogP contribution < -0.4 is 18.9 Å². The van der Waals surface area contributed by atoms with Crippen molar-refractivity contribution in [3.8, 4) is 23.0 Å². The molecule has 0 bridgehead atoms. The molecule has 1 amide bonds. The Hall–Kier alpha value is -3.19. The largest absolute Gasteiger partial charge is 0.493 e. The van der Waals surface area contributed by atoms with Crippen molar-refractivity contribution in [3.63, 3.8) is 0 Å². The summed E-state index contributed by atoms with van der Waals surface area (Å²) in [4.78, 5) is 17.8. The van der Waals surface area contributed by atoms with Gasteiger partial charge in [0, 0.05) is 25.6 Å². The highest BCUT2D eigenvalue weighted by molar-refractivity contribution is 5.79. The van der Waals surface area contributed by atoms with E-state index in [1.807, 2.05) is 42.5 Å². The van der Waals surface area contributed by atoms with Gasteiger partial charge in [-0.2, -0.15) is 0 Å². The minimum atomic E-state index is 0.224. The Balaban J connectivity index is 1.26. The third-order valence-corrected chi connectivity index (χ3v) is 7.50. The SMILES string of the molecule is COc1ccc(CCN(C)CCCN(C(=O)C/C=C/c2ccc3c(c2)OCO3)C2CCCCC2)cc1OC. The first-order valence-corrected chi connectivity index (χ1v) is 13.8. The van der Waals surface area contributed by atoms with Crippen LogP contribution in [0.4, 0.5) is 0 Å². The van der Waals surface area contributed by atoms with Gasteiger partial charge in [0.05, 0.1) is 14.2 Å². The van der Waals surface area contributed by atoms with Gasteiger partial charge in [-0.05, 0) is 74.7 Å². The quantitative estimate of drug-likeness (QED) is 0.343. The summed E-state index contributed by atoms with van der Waals surface area (Å²) >= 11 is 0. The molecule has 0 aromatic heterocycles. The zero-order valence-corrected chi connectivity index (χ0v) is 23.1. The molecule has 0 radical (unpaired) electrons. The molecule has 2 aromatic carbocycles. The monoisotopic (exact) mass is 522 g/mol. The lowest BCUT2D eigenvalue weighted by atomic mass is 9.93. The van der Waals surface area contributed by atoms with E-state index in [-0.39, 0.29) is 12.7 Å². The minimum Gasteiger partial charge on any atom is -0.493 e. The van der Waals surface area contributed by atoms with Crippen molar-refractivity contribution in [1.82, 2.24) is 9.80 Å². The maximum absolute atomic E-state index is 13.3. The highest BCUT2D eigenvalue weighted by Crippen LogP contribution is 2.33. The smallest absolute Gasteiger partial charge is 0.231 e. The number of ether oxygens (including phenoxy) is 4. The van der Waals surface area contributed by atoms with Gasteiger partial charge in [0.1, 0.15) is 0 Å². The van der Waals surface area contributed by atoms with Crippen LogP contribution >= 0.6 is 0 Å². The molecule has 0 unspecified atom stereocenters. The molecule has 1 fully saturated rings. The van der Waals surface area contributed by atoms with Gasteiger partial charge >= 0.3 is 0 Å². The van der Waals surface area contributed by atoms with Crippen LogP contribution in [-0.2, 0) is 11.2 Å². The summed E-state index contributed by atoms with van der Waals surface area (Å²) in [6.45, 7) is 2.98. The van der Waals surface area contributed by atoms with Gasteiger partial charge in [0.25, 0.3) is 0 Å². The topological polar surface area (TPSA) is 60.5 Å². The predicted octanol–water partition coefficient (Wildman–Crippen LogP) is 5.56. The molecule has 0 N–H and O–H groups in total. The maximum atomic E-state index is 13.3. The van der Waals surface area contributed by atoms with Gasteiger partial charge < -0.3 is 28.7 Å². The van der Waals surface area contributed by atoms with Gasteiger partial charge in [-0.3, -0.25) is 4.79 Å². The van der Waals surface area contributed by atoms with E-state index >= 15 is 0 Å². The van der Waals surface area contributed by atoms with E-state index in [1.165, 1.54) is 24.8 Å². The van der Waals surface area contributed by atoms with Crippen LogP contribution in [0.15, 0.2) is 42.5 Å². The average molecular weight is 523 g/mol. The Morgan fingerprint density at radius 1 is 0.947 bits per heavy atom. The Labute approximate surface area is 227 Å². The molecule has 2 aromatic rings. The number of amides is 1. The van der Waals surface area contributed by atoms with Crippen molar-refractivity contribution in [2.75, 3.05) is 47.7 Å². The standard InChI is InChI=1S/C31H42N2O5/c1-32(20-17-25-13-15-27(35-2)29(21-25)36-3)18-8-19-33(26-10-5-4-6-11-26)31(34)12-7-9-24-14-16-28-30(22-24)38-23-37-28/h7,9,13-16,21-22,26H,4-6,8,10-12,17-20,23H2,1-3H3/b9-7+. The predicted molar refractivity (Wildman–Crippen MR) is 150 cm³/mol. The lowest BCUT2D eigenvalue weighted by molar-refractivity contribution is -0.133. The summed E-state index contributed by atoms with van der Waals surface area (Å²) in [5.74, 6) is 3.28. The lowest BCUT2D eigenvalue weighted by Crippen LogP contribution is -2.42. The van der Waals surface area contributed by atoms with Crippen LogP contribution in [0.5, 0.6) is 23.0 Å². The van der Waals surface area contributed by atoms with Crippen molar-refractivity contribution in [3.05, 3.63) is 53.6 Å². The molecule has 206 valence electrons. The molecule has 4 rings (SSSR count). The fourth-order valence-electron chi connectivity index (χ4n) is 5.31. The van der Waals surface area contributed by atoms with Crippen molar-refractivity contribution in [2.45, 2.75) is 57.4 Å². The number of benzene rings is 2. The van der Waals surface area contributed by atoms with E-state index in [9.17, 15) is 4.79 Å². The number of carbonyl (C=O) groups excluding carboxylic acids is 1. The van der Waals surface area contributed by atoms with E-state index in [2.05, 4.69) is 22.9 Å². The molecule has 7 nitrogen and oxygen atoms in total. The maximum Gasteiger partial charge on any atom is 0.231 e. The Bertz CT molecular complexity index is 1080. The molecular weight excluding hydrogens is 480 g/mol. The number of rotatable bonds is 13. The first-order chi connectivity index (χ1) is 18.6. The van der Waals surface area contributed by atoms with Gasteiger partial charge in [-0.1, -0.05) is 43.5 Å². The second-order valence-electron chi connectivity index (χ2n) is 10.2. The van der Waals surface area contributed by atoms with Crippen LogP contribution in [0.2, 0.25) is 0 Å². The summed E-state index contributed by atoms with van der Waals surface area (Å²) in [5.41, 5.74) is 2.24. The summed E-state index contributed by atoms with van der Waals surface area (Å²) in [6, 6.07) is 12.3. The lowest BCUT2D eigenvalue weighted by Gasteiger charge is -2.35. The fourth-order valence-corrected chi connectivity index (χ4v) is 5.31. The van der Waals surface area contributed by atoms with Crippen LogP contribution in [-0.4, -0.2) is 69.4 Å². The Kier molecular flexibility index (Phi) is 10.3. The van der Waals surface area contributed by atoms with Crippen molar-refractivity contribution < 1.29 is 23.7 Å². The molecule has 0 spiro atoms. The summed E-state index contributed by atoms with van der Waals surface area (Å²) in [5, 5.41) is 0. The zero-order chi connectivity index (χ0) is 26.7. The zero-order valence-electron chi connectivity index (χ0n) is 23.1. The summed E-state index contributed by atoms with van der Waals surface area (Å²) in [6.07, 6.45) is 12.2. The number of likely N-dealkylation sites (N-methyl/N-ethyl adjacent to an activating group) is 1. The first-order valence-electron chi connectivity index (χ1n) is 13.8. The average Bonchev–Trinajstić information content (AvgIpc) is 3.42. The molecule has 1 aliphatic heterocycles. The van der Waals surface area contributed by atoms with Gasteiger partial charge in [0.2, 0.25) is 12.7 Å².